The second-order valence-corrected chi connectivity index (χ2v) is 7.89. The lowest BCUT2D eigenvalue weighted by Crippen LogP contribution is -2.41. The number of aliphatic imine (C=N–C) groups is 1. The number of rotatable bonds is 9. The smallest absolute Gasteiger partial charge is 0.270 e. The first-order chi connectivity index (χ1) is 13.9. The molecule has 0 unspecified atom stereocenters. The summed E-state index contributed by atoms with van der Waals surface area (Å²) in [5.74, 6) is 0.547. The number of guanidine groups is 1. The van der Waals surface area contributed by atoms with Crippen LogP contribution in [0.15, 0.2) is 58.4 Å². The number of nitrogens with one attached hydrogen (secondary N) is 3. The predicted octanol–water partition coefficient (Wildman–Crippen LogP) is 1.80. The molecule has 0 aliphatic carbocycles. The first-order valence-electron chi connectivity index (χ1n) is 9.12. The topological polar surface area (TPSA) is 126 Å². The molecule has 0 aliphatic rings. The Balaban J connectivity index is 1.85. The molecule has 0 spiro atoms. The molecule has 0 amide bonds. The summed E-state index contributed by atoms with van der Waals surface area (Å²) in [6.07, 6.45) is 0.934. The Kier molecular flexibility index (Phi) is 8.10. The van der Waals surface area contributed by atoms with Gasteiger partial charge in [0.1, 0.15) is 0 Å². The van der Waals surface area contributed by atoms with Crippen molar-refractivity contribution in [3.8, 4) is 0 Å². The molecule has 0 heterocycles. The van der Waals surface area contributed by atoms with Gasteiger partial charge in [0.05, 0.1) is 9.82 Å². The zero-order chi connectivity index (χ0) is 21.3. The lowest BCUT2D eigenvalue weighted by Gasteiger charge is -2.14. The first-order valence-corrected chi connectivity index (χ1v) is 10.6. The lowest BCUT2D eigenvalue weighted by molar-refractivity contribution is -0.385. The highest BCUT2D eigenvalue weighted by molar-refractivity contribution is 7.89. The van der Waals surface area contributed by atoms with E-state index < -0.39 is 14.9 Å². The van der Waals surface area contributed by atoms with Gasteiger partial charge in [0, 0.05) is 38.8 Å². The molecule has 10 heteroatoms. The van der Waals surface area contributed by atoms with Crippen molar-refractivity contribution in [2.45, 2.75) is 24.8 Å². The summed E-state index contributed by atoms with van der Waals surface area (Å²) >= 11 is 0. The second-order valence-electron chi connectivity index (χ2n) is 6.13. The number of nitro benzene ring substituents is 1. The maximum Gasteiger partial charge on any atom is 0.270 e. The maximum absolute atomic E-state index is 12.3. The van der Waals surface area contributed by atoms with Crippen molar-refractivity contribution in [3.05, 3.63) is 69.8 Å². The molecule has 0 aromatic heterocycles. The van der Waals surface area contributed by atoms with Gasteiger partial charge in [-0.15, -0.1) is 0 Å². The van der Waals surface area contributed by atoms with E-state index in [1.54, 1.807) is 7.05 Å². The van der Waals surface area contributed by atoms with E-state index in [1.807, 2.05) is 18.2 Å². The minimum Gasteiger partial charge on any atom is -0.355 e. The Morgan fingerprint density at radius 2 is 1.79 bits per heavy atom. The van der Waals surface area contributed by atoms with Gasteiger partial charge < -0.3 is 10.6 Å². The highest BCUT2D eigenvalue weighted by Gasteiger charge is 2.17. The molecule has 2 aromatic rings. The Morgan fingerprint density at radius 3 is 2.45 bits per heavy atom. The minimum absolute atomic E-state index is 0.0945. The highest BCUT2D eigenvalue weighted by atomic mass is 32.2. The molecular formula is C19H25N5O4S. The fourth-order valence-electron chi connectivity index (χ4n) is 2.69. The van der Waals surface area contributed by atoms with Crippen molar-refractivity contribution < 1.29 is 13.3 Å². The Morgan fingerprint density at radius 1 is 1.07 bits per heavy atom. The Labute approximate surface area is 170 Å². The van der Waals surface area contributed by atoms with Crippen molar-refractivity contribution in [2.75, 3.05) is 20.1 Å². The van der Waals surface area contributed by atoms with Crippen LogP contribution in [0.5, 0.6) is 0 Å². The van der Waals surface area contributed by atoms with Gasteiger partial charge in [-0.3, -0.25) is 15.1 Å². The van der Waals surface area contributed by atoms with Crippen LogP contribution >= 0.6 is 0 Å². The quantitative estimate of drug-likeness (QED) is 0.187. The van der Waals surface area contributed by atoms with Crippen LogP contribution < -0.4 is 15.4 Å². The van der Waals surface area contributed by atoms with E-state index in [0.29, 0.717) is 19.0 Å². The van der Waals surface area contributed by atoms with Gasteiger partial charge in [-0.1, -0.05) is 37.3 Å². The number of benzene rings is 2. The number of hydrogen-bond donors (Lipinski definition) is 3. The van der Waals surface area contributed by atoms with Crippen molar-refractivity contribution in [1.82, 2.24) is 15.4 Å². The fourth-order valence-corrected chi connectivity index (χ4v) is 3.76. The molecule has 2 aromatic carbocycles. The summed E-state index contributed by atoms with van der Waals surface area (Å²) in [5, 5.41) is 17.0. The van der Waals surface area contributed by atoms with Crippen LogP contribution in [0.25, 0.3) is 0 Å². The third kappa shape index (κ3) is 6.54. The SMILES string of the molecule is CCc1ccccc1CNC(=NC)NCCNS(=O)(=O)c1cccc([N+](=O)[O-])c1. The molecule has 9 nitrogen and oxygen atoms in total. The normalized spacial score (nSPS) is 11.9. The number of non-ortho nitro benzene ring substituents is 1. The summed E-state index contributed by atoms with van der Waals surface area (Å²) in [6.45, 7) is 3.09. The van der Waals surface area contributed by atoms with Gasteiger partial charge in [-0.2, -0.15) is 0 Å². The molecule has 0 bridgehead atoms. The van der Waals surface area contributed by atoms with Gasteiger partial charge in [0.15, 0.2) is 5.96 Å². The van der Waals surface area contributed by atoms with E-state index in [1.165, 1.54) is 29.3 Å². The summed E-state index contributed by atoms with van der Waals surface area (Å²) in [5.41, 5.74) is 2.15. The molecular weight excluding hydrogens is 394 g/mol. The van der Waals surface area contributed by atoms with E-state index in [4.69, 9.17) is 0 Å². The van der Waals surface area contributed by atoms with Crippen molar-refractivity contribution in [2.24, 2.45) is 4.99 Å². The summed E-state index contributed by atoms with van der Waals surface area (Å²) in [7, 11) is -2.21. The molecule has 0 radical (unpaired) electrons. The second kappa shape index (κ2) is 10.5. The van der Waals surface area contributed by atoms with Crippen molar-refractivity contribution in [1.29, 1.82) is 0 Å². The van der Waals surface area contributed by atoms with Gasteiger partial charge in [0.2, 0.25) is 10.0 Å². The van der Waals surface area contributed by atoms with Gasteiger partial charge in [-0.05, 0) is 23.6 Å². The third-order valence-electron chi connectivity index (χ3n) is 4.22. The molecule has 0 fully saturated rings. The van der Waals surface area contributed by atoms with E-state index in [9.17, 15) is 18.5 Å². The Hall–Kier alpha value is -2.98. The zero-order valence-corrected chi connectivity index (χ0v) is 17.2. The van der Waals surface area contributed by atoms with Gasteiger partial charge in [0.25, 0.3) is 5.69 Å². The fraction of sp³-hybridized carbons (Fsp3) is 0.316. The molecule has 0 saturated heterocycles. The standard InChI is InChI=1S/C19H25N5O4S/c1-3-15-7-4-5-8-16(15)14-22-19(20-2)21-11-12-23-29(27,28)18-10-6-9-17(13-18)24(25)26/h4-10,13,23H,3,11-12,14H2,1-2H3,(H2,20,21,22). The van der Waals surface area contributed by atoms with Crippen LogP contribution in [0, 0.1) is 10.1 Å². The molecule has 156 valence electrons. The van der Waals surface area contributed by atoms with Gasteiger partial charge in [-0.25, -0.2) is 13.1 Å². The first kappa shape index (κ1) is 22.3. The molecule has 2 rings (SSSR count). The molecule has 0 atom stereocenters. The molecule has 0 saturated carbocycles. The Bertz CT molecular complexity index is 976. The minimum atomic E-state index is -3.84. The van der Waals surface area contributed by atoms with Crippen LogP contribution in [0.1, 0.15) is 18.1 Å². The van der Waals surface area contributed by atoms with Crippen LogP contribution in [-0.2, 0) is 23.0 Å². The van der Waals surface area contributed by atoms with Crippen LogP contribution in [0.2, 0.25) is 0 Å². The van der Waals surface area contributed by atoms with Crippen molar-refractivity contribution in [3.63, 3.8) is 0 Å². The number of nitrogens with zero attached hydrogens (tertiary/aromatic N) is 2. The average molecular weight is 420 g/mol. The monoisotopic (exact) mass is 419 g/mol. The van der Waals surface area contributed by atoms with Gasteiger partial charge >= 0.3 is 0 Å². The lowest BCUT2D eigenvalue weighted by atomic mass is 10.1. The van der Waals surface area contributed by atoms with E-state index in [2.05, 4.69) is 33.3 Å². The molecule has 29 heavy (non-hydrogen) atoms. The third-order valence-corrected chi connectivity index (χ3v) is 5.68. The molecule has 0 aliphatic heterocycles. The van der Waals surface area contributed by atoms with Crippen LogP contribution in [0.4, 0.5) is 5.69 Å². The van der Waals surface area contributed by atoms with Crippen molar-refractivity contribution >= 4 is 21.7 Å². The van der Waals surface area contributed by atoms with Crippen LogP contribution in [-0.4, -0.2) is 39.4 Å². The molecule has 3 N–H and O–H groups in total. The van der Waals surface area contributed by atoms with E-state index >= 15 is 0 Å². The number of aryl methyl sites for hydroxylation is 1. The number of sulfonamides is 1. The highest BCUT2D eigenvalue weighted by Crippen LogP contribution is 2.16. The van der Waals surface area contributed by atoms with Crippen LogP contribution in [0.3, 0.4) is 0 Å². The maximum atomic E-state index is 12.3. The largest absolute Gasteiger partial charge is 0.355 e. The zero-order valence-electron chi connectivity index (χ0n) is 16.4. The summed E-state index contributed by atoms with van der Waals surface area (Å²) in [4.78, 5) is 14.2. The van der Waals surface area contributed by atoms with E-state index in [0.717, 1.165) is 12.5 Å². The number of hydrogen-bond acceptors (Lipinski definition) is 5. The predicted molar refractivity (Wildman–Crippen MR) is 112 cm³/mol. The average Bonchev–Trinajstić information content (AvgIpc) is 2.73. The summed E-state index contributed by atoms with van der Waals surface area (Å²) < 4.78 is 27.0. The number of nitro groups is 1. The summed E-state index contributed by atoms with van der Waals surface area (Å²) in [6, 6.07) is 13.0. The van der Waals surface area contributed by atoms with E-state index in [-0.39, 0.29) is 17.1 Å².